The van der Waals surface area contributed by atoms with E-state index in [2.05, 4.69) is 5.32 Å². The first kappa shape index (κ1) is 23.9. The van der Waals surface area contributed by atoms with E-state index in [9.17, 15) is 13.2 Å². The molecule has 0 spiro atoms. The highest BCUT2D eigenvalue weighted by Gasteiger charge is 2.37. The highest BCUT2D eigenvalue weighted by molar-refractivity contribution is 7.92. The first-order valence-corrected chi connectivity index (χ1v) is 12.7. The highest BCUT2D eigenvalue weighted by Crippen LogP contribution is 2.38. The summed E-state index contributed by atoms with van der Waals surface area (Å²) in [5.41, 5.74) is 1.45. The summed E-state index contributed by atoms with van der Waals surface area (Å²) in [6.07, 6.45) is -0.346. The van der Waals surface area contributed by atoms with Crippen molar-refractivity contribution in [2.75, 3.05) is 24.0 Å². The number of para-hydroxylation sites is 2. The molecule has 7 nitrogen and oxygen atoms in total. The predicted octanol–water partition coefficient (Wildman–Crippen LogP) is 4.05. The number of amides is 1. The Morgan fingerprint density at radius 3 is 2.59 bits per heavy atom. The lowest BCUT2D eigenvalue weighted by Crippen LogP contribution is -2.51. The number of ether oxygens (including phenoxy) is 2. The molecule has 3 aromatic carbocycles. The Bertz CT molecular complexity index is 1270. The van der Waals surface area contributed by atoms with E-state index in [1.54, 1.807) is 24.3 Å². The molecule has 0 unspecified atom stereocenters. The molecule has 0 bridgehead atoms. The molecule has 1 atom stereocenters. The number of rotatable bonds is 8. The lowest BCUT2D eigenvalue weighted by molar-refractivity contribution is -0.127. The maximum atomic E-state index is 13.6. The minimum absolute atomic E-state index is 0.000826. The maximum absolute atomic E-state index is 13.6. The summed E-state index contributed by atoms with van der Waals surface area (Å²) in [5, 5.41) is 3.05. The van der Waals surface area contributed by atoms with Crippen molar-refractivity contribution in [2.45, 2.75) is 24.3 Å². The number of benzene rings is 3. The molecule has 0 saturated carbocycles. The predicted molar refractivity (Wildman–Crippen MR) is 131 cm³/mol. The summed E-state index contributed by atoms with van der Waals surface area (Å²) < 4.78 is 39.6. The number of carbonyl (C=O) groups excluding carboxylic acids is 1. The van der Waals surface area contributed by atoms with E-state index in [0.717, 1.165) is 5.56 Å². The third-order valence-electron chi connectivity index (χ3n) is 5.37. The largest absolute Gasteiger partial charge is 0.492 e. The van der Waals surface area contributed by atoms with Gasteiger partial charge in [0.2, 0.25) is 0 Å². The number of anilines is 1. The van der Waals surface area contributed by atoms with Gasteiger partial charge >= 0.3 is 0 Å². The third-order valence-corrected chi connectivity index (χ3v) is 7.45. The molecular weight excluding hydrogens is 476 g/mol. The van der Waals surface area contributed by atoms with Crippen LogP contribution in [0.15, 0.2) is 77.7 Å². The van der Waals surface area contributed by atoms with Gasteiger partial charge in [0.1, 0.15) is 11.5 Å². The fourth-order valence-electron chi connectivity index (χ4n) is 3.70. The Kier molecular flexibility index (Phi) is 7.29. The quantitative estimate of drug-likeness (QED) is 0.504. The summed E-state index contributed by atoms with van der Waals surface area (Å²) in [6, 6.07) is 20.8. The molecule has 178 valence electrons. The van der Waals surface area contributed by atoms with Crippen LogP contribution in [0, 0.1) is 0 Å². The molecule has 0 radical (unpaired) electrons. The van der Waals surface area contributed by atoms with E-state index in [1.165, 1.54) is 22.5 Å². The second-order valence-corrected chi connectivity index (χ2v) is 9.93. The molecule has 1 heterocycles. The molecule has 1 aliphatic rings. The Labute approximate surface area is 204 Å². The van der Waals surface area contributed by atoms with E-state index >= 15 is 0 Å². The van der Waals surface area contributed by atoms with Crippen molar-refractivity contribution in [1.82, 2.24) is 5.32 Å². The van der Waals surface area contributed by atoms with Gasteiger partial charge in [-0.3, -0.25) is 9.10 Å². The molecule has 0 aliphatic carbocycles. The zero-order valence-electron chi connectivity index (χ0n) is 18.6. The Morgan fingerprint density at radius 2 is 1.85 bits per heavy atom. The van der Waals surface area contributed by atoms with E-state index in [1.807, 2.05) is 37.3 Å². The lowest BCUT2D eigenvalue weighted by Gasteiger charge is -2.34. The number of nitrogens with one attached hydrogen (secondary N) is 1. The summed E-state index contributed by atoms with van der Waals surface area (Å²) in [5.74, 6) is 0.342. The molecule has 1 aliphatic heterocycles. The molecule has 1 N–H and O–H groups in total. The highest BCUT2D eigenvalue weighted by atomic mass is 35.5. The molecule has 0 aromatic heterocycles. The van der Waals surface area contributed by atoms with Crippen LogP contribution in [0.3, 0.4) is 0 Å². The lowest BCUT2D eigenvalue weighted by atomic mass is 10.1. The van der Waals surface area contributed by atoms with Crippen molar-refractivity contribution in [1.29, 1.82) is 0 Å². The summed E-state index contributed by atoms with van der Waals surface area (Å²) >= 11 is 6.24. The zero-order valence-corrected chi connectivity index (χ0v) is 20.2. The molecular formula is C25H25ClN2O5S. The number of hydrogen-bond donors (Lipinski definition) is 1. The van der Waals surface area contributed by atoms with E-state index < -0.39 is 16.1 Å². The SMILES string of the molecule is CCOc1ccc(S(=O)(=O)N2C[C@@H](C(=O)NCCc3ccccc3)Oc3ccccc32)cc1Cl. The topological polar surface area (TPSA) is 84.9 Å². The van der Waals surface area contributed by atoms with Gasteiger partial charge in [0.25, 0.3) is 15.9 Å². The van der Waals surface area contributed by atoms with Gasteiger partial charge in [-0.1, -0.05) is 54.1 Å². The fourth-order valence-corrected chi connectivity index (χ4v) is 5.50. The van der Waals surface area contributed by atoms with Crippen LogP contribution in [0.2, 0.25) is 5.02 Å². The smallest absolute Gasteiger partial charge is 0.264 e. The first-order chi connectivity index (χ1) is 16.4. The summed E-state index contributed by atoms with van der Waals surface area (Å²) in [4.78, 5) is 12.9. The fraction of sp³-hybridized carbons (Fsp3) is 0.240. The van der Waals surface area contributed by atoms with Gasteiger partial charge in [-0.25, -0.2) is 8.42 Å². The minimum Gasteiger partial charge on any atom is -0.492 e. The van der Waals surface area contributed by atoms with E-state index in [4.69, 9.17) is 21.1 Å². The van der Waals surface area contributed by atoms with Crippen LogP contribution in [0.1, 0.15) is 12.5 Å². The average molecular weight is 501 g/mol. The number of fused-ring (bicyclic) bond motifs is 1. The zero-order chi connectivity index (χ0) is 24.1. The Morgan fingerprint density at radius 1 is 1.12 bits per heavy atom. The molecule has 1 amide bonds. The standard InChI is InChI=1S/C25H25ClN2O5S/c1-2-32-22-13-12-19(16-20(22)26)34(30,31)28-17-24(33-23-11-7-6-10-21(23)28)25(29)27-15-14-18-8-4-3-5-9-18/h3-13,16,24H,2,14-15,17H2,1H3,(H,27,29)/t24-/m0/s1. The van der Waals surface area contributed by atoms with Gasteiger partial charge in [0, 0.05) is 6.54 Å². The van der Waals surface area contributed by atoms with Crippen molar-refractivity contribution in [3.05, 3.63) is 83.4 Å². The van der Waals surface area contributed by atoms with Crippen molar-refractivity contribution in [3.63, 3.8) is 0 Å². The van der Waals surface area contributed by atoms with E-state index in [-0.39, 0.29) is 22.4 Å². The van der Waals surface area contributed by atoms with Gasteiger partial charge in [-0.2, -0.15) is 0 Å². The number of nitrogens with zero attached hydrogens (tertiary/aromatic N) is 1. The van der Waals surface area contributed by atoms with Gasteiger partial charge in [0.15, 0.2) is 6.10 Å². The van der Waals surface area contributed by atoms with Gasteiger partial charge in [-0.15, -0.1) is 0 Å². The number of sulfonamides is 1. The molecule has 4 rings (SSSR count). The van der Waals surface area contributed by atoms with Crippen molar-refractivity contribution < 1.29 is 22.7 Å². The van der Waals surface area contributed by atoms with Crippen LogP contribution in [0.4, 0.5) is 5.69 Å². The average Bonchev–Trinajstić information content (AvgIpc) is 2.85. The van der Waals surface area contributed by atoms with Crippen molar-refractivity contribution >= 4 is 33.2 Å². The van der Waals surface area contributed by atoms with Crippen LogP contribution < -0.4 is 19.1 Å². The molecule has 0 saturated heterocycles. The first-order valence-electron chi connectivity index (χ1n) is 10.9. The summed E-state index contributed by atoms with van der Waals surface area (Å²) in [6.45, 7) is 2.47. The molecule has 9 heteroatoms. The molecule has 34 heavy (non-hydrogen) atoms. The van der Waals surface area contributed by atoms with Crippen molar-refractivity contribution in [2.24, 2.45) is 0 Å². The van der Waals surface area contributed by atoms with Crippen LogP contribution in [-0.4, -0.2) is 40.1 Å². The normalized spacial score (nSPS) is 15.2. The maximum Gasteiger partial charge on any atom is 0.264 e. The molecule has 3 aromatic rings. The van der Waals surface area contributed by atoms with Gasteiger partial charge in [-0.05, 0) is 49.2 Å². The second-order valence-electron chi connectivity index (χ2n) is 7.66. The molecule has 0 fully saturated rings. The number of carbonyl (C=O) groups is 1. The van der Waals surface area contributed by atoms with E-state index in [0.29, 0.717) is 36.8 Å². The van der Waals surface area contributed by atoms with Gasteiger partial charge < -0.3 is 14.8 Å². The monoisotopic (exact) mass is 500 g/mol. The summed E-state index contributed by atoms with van der Waals surface area (Å²) in [7, 11) is -4.03. The van der Waals surface area contributed by atoms with Crippen molar-refractivity contribution in [3.8, 4) is 11.5 Å². The third kappa shape index (κ3) is 5.13. The van der Waals surface area contributed by atoms with Crippen LogP contribution >= 0.6 is 11.6 Å². The Hall–Kier alpha value is -3.23. The number of hydrogen-bond acceptors (Lipinski definition) is 5. The van der Waals surface area contributed by atoms with Crippen LogP contribution in [-0.2, 0) is 21.2 Å². The van der Waals surface area contributed by atoms with Crippen LogP contribution in [0.25, 0.3) is 0 Å². The van der Waals surface area contributed by atoms with Crippen LogP contribution in [0.5, 0.6) is 11.5 Å². The minimum atomic E-state index is -4.03. The second kappa shape index (κ2) is 10.4. The number of halogens is 1. The van der Waals surface area contributed by atoms with Gasteiger partial charge in [0.05, 0.1) is 28.8 Å². The Balaban J connectivity index is 1.55.